The first-order valence-electron chi connectivity index (χ1n) is 12.6. The van der Waals surface area contributed by atoms with Crippen molar-refractivity contribution in [2.24, 2.45) is 5.41 Å². The van der Waals surface area contributed by atoms with Crippen LogP contribution in [0.5, 0.6) is 6.01 Å². The molecule has 2 aromatic heterocycles. The number of nitrogens with zero attached hydrogens (tertiary/aromatic N) is 4. The van der Waals surface area contributed by atoms with Gasteiger partial charge in [0.1, 0.15) is 17.2 Å². The molecule has 2 unspecified atom stereocenters. The van der Waals surface area contributed by atoms with Crippen LogP contribution in [-0.2, 0) is 6.18 Å². The summed E-state index contributed by atoms with van der Waals surface area (Å²) in [5.74, 6) is -0.926. The fourth-order valence-corrected chi connectivity index (χ4v) is 5.48. The second-order valence-electron chi connectivity index (χ2n) is 11.0. The molecule has 4 N–H and O–H groups in total. The number of benzene rings is 1. The Labute approximate surface area is 227 Å². The molecule has 13 heteroatoms. The van der Waals surface area contributed by atoms with Gasteiger partial charge in [-0.25, -0.2) is 9.37 Å². The summed E-state index contributed by atoms with van der Waals surface area (Å²) in [5, 5.41) is 13.1. The molecule has 2 bridgehead atoms. The normalized spacial score (nSPS) is 19.7. The molecule has 2 fully saturated rings. The Kier molecular flexibility index (Phi) is 7.01. The first kappa shape index (κ1) is 27.6. The van der Waals surface area contributed by atoms with Crippen molar-refractivity contribution in [1.29, 1.82) is 0 Å². The topological polar surface area (TPSA) is 109 Å². The molecule has 210 valence electrons. The monoisotopic (exact) mass is 568 g/mol. The van der Waals surface area contributed by atoms with Crippen LogP contribution in [-0.4, -0.2) is 58.4 Å². The smallest absolute Gasteiger partial charge is 0.418 e. The number of hydrogen-bond donors (Lipinski definition) is 3. The van der Waals surface area contributed by atoms with Gasteiger partial charge < -0.3 is 25.8 Å². The summed E-state index contributed by atoms with van der Waals surface area (Å²) in [4.78, 5) is 14.7. The highest BCUT2D eigenvalue weighted by molar-refractivity contribution is 6.34. The van der Waals surface area contributed by atoms with Gasteiger partial charge in [-0.05, 0) is 37.5 Å². The molecule has 0 amide bonds. The maximum absolute atomic E-state index is 16.3. The van der Waals surface area contributed by atoms with E-state index in [9.17, 15) is 18.3 Å². The minimum absolute atomic E-state index is 0.0253. The van der Waals surface area contributed by atoms with Crippen LogP contribution in [0.3, 0.4) is 0 Å². The Balaban J connectivity index is 1.73. The molecule has 0 spiro atoms. The number of aliphatic hydroxyl groups is 1. The second-order valence-corrected chi connectivity index (χ2v) is 11.4. The number of hydrogen-bond acceptors (Lipinski definition) is 8. The zero-order valence-electron chi connectivity index (χ0n) is 21.7. The number of aryl methyl sites for hydroxylation is 1. The zero-order chi connectivity index (χ0) is 28.3. The van der Waals surface area contributed by atoms with Crippen molar-refractivity contribution in [2.75, 3.05) is 36.9 Å². The summed E-state index contributed by atoms with van der Waals surface area (Å²) in [6.45, 7) is 5.81. The number of anilines is 2. The fraction of sp³-hybridized carbons (Fsp3) is 0.500. The van der Waals surface area contributed by atoms with Crippen molar-refractivity contribution >= 4 is 34.1 Å². The van der Waals surface area contributed by atoms with E-state index in [1.807, 2.05) is 4.90 Å². The number of pyridine rings is 1. The van der Waals surface area contributed by atoms with Gasteiger partial charge in [-0.15, -0.1) is 0 Å². The standard InChI is InChI=1S/C26H29ClF4N6O2/c1-12-6-17(32)34-22(19(12)26(29,30)31)18-16(27)7-15-21(20(18)28)35-24(39-11-25(2,3)10-38)36-23(15)37-8-13-4-5-14(9-37)33-13/h6-7,13-14,33,38H,4-5,8-11H2,1-3H3,(H2,32,34). The lowest BCUT2D eigenvalue weighted by atomic mass is 9.97. The lowest BCUT2D eigenvalue weighted by Gasteiger charge is -2.34. The van der Waals surface area contributed by atoms with E-state index in [0.29, 0.717) is 18.9 Å². The number of aliphatic hydroxyl groups excluding tert-OH is 1. The summed E-state index contributed by atoms with van der Waals surface area (Å²) in [6, 6.07) is 2.73. The summed E-state index contributed by atoms with van der Waals surface area (Å²) in [6.07, 6.45) is -2.87. The third kappa shape index (κ3) is 5.29. The molecule has 2 aliphatic rings. The lowest BCUT2D eigenvalue weighted by Crippen LogP contribution is -2.51. The second kappa shape index (κ2) is 9.90. The summed E-state index contributed by atoms with van der Waals surface area (Å²) >= 11 is 6.50. The number of aromatic nitrogens is 3. The summed E-state index contributed by atoms with van der Waals surface area (Å²) < 4.78 is 64.3. The summed E-state index contributed by atoms with van der Waals surface area (Å²) in [5.41, 5.74) is 2.26. The van der Waals surface area contributed by atoms with Gasteiger partial charge in [0.15, 0.2) is 5.82 Å². The van der Waals surface area contributed by atoms with E-state index >= 15 is 4.39 Å². The third-order valence-corrected chi connectivity index (χ3v) is 7.43. The van der Waals surface area contributed by atoms with E-state index in [1.165, 1.54) is 13.0 Å². The van der Waals surface area contributed by atoms with Crippen LogP contribution >= 0.6 is 11.6 Å². The molecule has 5 rings (SSSR count). The molecule has 0 saturated carbocycles. The first-order chi connectivity index (χ1) is 18.3. The quantitative estimate of drug-likeness (QED) is 0.366. The van der Waals surface area contributed by atoms with Gasteiger partial charge in [0.25, 0.3) is 0 Å². The number of nitrogens with one attached hydrogen (secondary N) is 1. The molecule has 0 aliphatic carbocycles. The molecule has 39 heavy (non-hydrogen) atoms. The molecule has 8 nitrogen and oxygen atoms in total. The van der Waals surface area contributed by atoms with E-state index < -0.39 is 34.2 Å². The molecule has 4 heterocycles. The van der Waals surface area contributed by atoms with Crippen molar-refractivity contribution in [2.45, 2.75) is 51.9 Å². The predicted octanol–water partition coefficient (Wildman–Crippen LogP) is 4.73. The molecule has 0 radical (unpaired) electrons. The molecular formula is C26H29ClF4N6O2. The van der Waals surface area contributed by atoms with Crippen molar-refractivity contribution in [3.05, 3.63) is 34.1 Å². The number of ether oxygens (including phenoxy) is 1. The summed E-state index contributed by atoms with van der Waals surface area (Å²) in [7, 11) is 0. The van der Waals surface area contributed by atoms with Gasteiger partial charge in [0, 0.05) is 36.0 Å². The highest BCUT2D eigenvalue weighted by Gasteiger charge is 2.39. The Bertz CT molecular complexity index is 1420. The van der Waals surface area contributed by atoms with Gasteiger partial charge >= 0.3 is 12.2 Å². The van der Waals surface area contributed by atoms with Crippen molar-refractivity contribution < 1.29 is 27.4 Å². The number of nitrogen functional groups attached to an aromatic ring is 1. The third-order valence-electron chi connectivity index (χ3n) is 7.14. The highest BCUT2D eigenvalue weighted by atomic mass is 35.5. The Hall–Kier alpha value is -2.96. The van der Waals surface area contributed by atoms with Crippen molar-refractivity contribution in [3.63, 3.8) is 0 Å². The molecule has 2 saturated heterocycles. The van der Waals surface area contributed by atoms with Crippen molar-refractivity contribution in [1.82, 2.24) is 20.3 Å². The minimum atomic E-state index is -4.84. The van der Waals surface area contributed by atoms with E-state index in [4.69, 9.17) is 22.1 Å². The van der Waals surface area contributed by atoms with Gasteiger partial charge in [-0.2, -0.15) is 23.1 Å². The Morgan fingerprint density at radius 1 is 1.15 bits per heavy atom. The van der Waals surface area contributed by atoms with Crippen LogP contribution in [0.1, 0.15) is 37.8 Å². The maximum Gasteiger partial charge on any atom is 0.418 e. The SMILES string of the molecule is Cc1cc(N)nc(-c2c(Cl)cc3c(N4CC5CCC(C4)N5)nc(OCC(C)(C)CO)nc3c2F)c1C(F)(F)F. The average molecular weight is 569 g/mol. The van der Waals surface area contributed by atoms with E-state index in [-0.39, 0.29) is 58.6 Å². The van der Waals surface area contributed by atoms with Gasteiger partial charge in [0.05, 0.1) is 35.1 Å². The fourth-order valence-electron chi connectivity index (χ4n) is 5.19. The Morgan fingerprint density at radius 3 is 2.44 bits per heavy atom. The van der Waals surface area contributed by atoms with E-state index in [1.54, 1.807) is 13.8 Å². The number of piperazine rings is 1. The number of fused-ring (bicyclic) bond motifs is 3. The number of nitrogens with two attached hydrogens (primary N) is 1. The minimum Gasteiger partial charge on any atom is -0.463 e. The van der Waals surface area contributed by atoms with Gasteiger partial charge in [0.2, 0.25) is 0 Å². The van der Waals surface area contributed by atoms with Crippen LogP contribution in [0.25, 0.3) is 22.2 Å². The molecule has 1 aromatic carbocycles. The molecule has 2 aliphatic heterocycles. The average Bonchev–Trinajstić information content (AvgIpc) is 3.18. The molecule has 2 atom stereocenters. The Morgan fingerprint density at radius 2 is 1.82 bits per heavy atom. The molecular weight excluding hydrogens is 540 g/mol. The van der Waals surface area contributed by atoms with E-state index in [0.717, 1.165) is 18.9 Å². The van der Waals surface area contributed by atoms with Crippen molar-refractivity contribution in [3.8, 4) is 17.3 Å². The van der Waals surface area contributed by atoms with Crippen LogP contribution in [0.2, 0.25) is 5.02 Å². The largest absolute Gasteiger partial charge is 0.463 e. The van der Waals surface area contributed by atoms with Crippen LogP contribution in [0, 0.1) is 18.2 Å². The number of alkyl halides is 3. The lowest BCUT2D eigenvalue weighted by molar-refractivity contribution is -0.137. The number of rotatable bonds is 6. The maximum atomic E-state index is 16.3. The zero-order valence-corrected chi connectivity index (χ0v) is 22.4. The number of halogens is 5. The highest BCUT2D eigenvalue weighted by Crippen LogP contribution is 2.44. The van der Waals surface area contributed by atoms with Gasteiger partial charge in [-0.3, -0.25) is 0 Å². The first-order valence-corrected chi connectivity index (χ1v) is 12.9. The van der Waals surface area contributed by atoms with Crippen LogP contribution < -0.4 is 20.7 Å². The predicted molar refractivity (Wildman–Crippen MR) is 140 cm³/mol. The van der Waals surface area contributed by atoms with Crippen LogP contribution in [0.4, 0.5) is 29.2 Å². The van der Waals surface area contributed by atoms with E-state index in [2.05, 4.69) is 20.3 Å². The van der Waals surface area contributed by atoms with Gasteiger partial charge in [-0.1, -0.05) is 25.4 Å². The molecule has 3 aromatic rings. The van der Waals surface area contributed by atoms with Crippen LogP contribution in [0.15, 0.2) is 12.1 Å².